The van der Waals surface area contributed by atoms with Gasteiger partial charge < -0.3 is 9.47 Å². The first-order valence-electron chi connectivity index (χ1n) is 9.91. The van der Waals surface area contributed by atoms with Crippen molar-refractivity contribution in [2.24, 2.45) is 0 Å². The summed E-state index contributed by atoms with van der Waals surface area (Å²) in [5.41, 5.74) is 0.804. The Kier molecular flexibility index (Phi) is 11.8. The lowest BCUT2D eigenvalue weighted by Gasteiger charge is -2.16. The molecule has 0 unspecified atom stereocenters. The first-order valence-corrected chi connectivity index (χ1v) is 9.91. The van der Waals surface area contributed by atoms with Crippen LogP contribution < -0.4 is 0 Å². The molecule has 1 aromatic carbocycles. The smallest absolute Gasteiger partial charge is 0.305 e. The van der Waals surface area contributed by atoms with Gasteiger partial charge in [0.25, 0.3) is 0 Å². The van der Waals surface area contributed by atoms with Crippen LogP contribution >= 0.6 is 0 Å². The van der Waals surface area contributed by atoms with Gasteiger partial charge in [-0.1, -0.05) is 68.9 Å². The first-order chi connectivity index (χ1) is 13.0. The third-order valence-electron chi connectivity index (χ3n) is 4.28. The van der Waals surface area contributed by atoms with Gasteiger partial charge in [0, 0.05) is 32.3 Å². The fraction of sp³-hybridized carbons (Fsp3) is 0.591. The van der Waals surface area contributed by atoms with Crippen molar-refractivity contribution in [1.29, 1.82) is 0 Å². The Hall–Kier alpha value is -2.17. The average molecular weight is 376 g/mol. The van der Waals surface area contributed by atoms with Crippen LogP contribution in [0.25, 0.3) is 0 Å². The van der Waals surface area contributed by atoms with Gasteiger partial charge in [0.05, 0.1) is 0 Å². The van der Waals surface area contributed by atoms with Gasteiger partial charge in [-0.05, 0) is 12.8 Å². The van der Waals surface area contributed by atoms with Gasteiger partial charge in [-0.3, -0.25) is 14.4 Å². The van der Waals surface area contributed by atoms with Gasteiger partial charge in [-0.25, -0.2) is 0 Å². The quantitative estimate of drug-likeness (QED) is 0.193. The number of carbonyl (C=O) groups is 3. The van der Waals surface area contributed by atoms with E-state index in [9.17, 15) is 14.4 Å². The minimum absolute atomic E-state index is 0.228. The van der Waals surface area contributed by atoms with Crippen molar-refractivity contribution < 1.29 is 23.9 Å². The highest BCUT2D eigenvalue weighted by Gasteiger charge is 2.14. The lowest BCUT2D eigenvalue weighted by atomic mass is 10.0. The van der Waals surface area contributed by atoms with Crippen molar-refractivity contribution in [2.45, 2.75) is 84.3 Å². The van der Waals surface area contributed by atoms with Crippen LogP contribution in [0.2, 0.25) is 0 Å². The molecule has 5 heteroatoms. The van der Waals surface area contributed by atoms with Crippen LogP contribution in [-0.2, 0) is 19.1 Å². The van der Waals surface area contributed by atoms with Crippen LogP contribution in [0.3, 0.4) is 0 Å². The highest BCUT2D eigenvalue weighted by Crippen LogP contribution is 2.14. The van der Waals surface area contributed by atoms with Gasteiger partial charge in [0.1, 0.15) is 0 Å². The summed E-state index contributed by atoms with van der Waals surface area (Å²) >= 11 is 0. The van der Waals surface area contributed by atoms with E-state index in [1.807, 2.05) is 30.3 Å². The zero-order chi connectivity index (χ0) is 19.9. The van der Waals surface area contributed by atoms with E-state index in [1.165, 1.54) is 13.8 Å². The van der Waals surface area contributed by atoms with Crippen molar-refractivity contribution in [3.05, 3.63) is 35.9 Å². The van der Waals surface area contributed by atoms with Gasteiger partial charge in [0.2, 0.25) is 6.29 Å². The van der Waals surface area contributed by atoms with Crippen LogP contribution in [-0.4, -0.2) is 24.0 Å². The molecule has 1 aromatic rings. The van der Waals surface area contributed by atoms with Crippen molar-refractivity contribution in [3.8, 4) is 0 Å². The molecule has 27 heavy (non-hydrogen) atoms. The van der Waals surface area contributed by atoms with E-state index in [4.69, 9.17) is 9.47 Å². The summed E-state index contributed by atoms with van der Waals surface area (Å²) in [6, 6.07) is 9.46. The lowest BCUT2D eigenvalue weighted by molar-refractivity contribution is -0.186. The number of carbonyl (C=O) groups excluding carboxylic acids is 3. The first kappa shape index (κ1) is 22.9. The molecule has 0 aliphatic heterocycles. The van der Waals surface area contributed by atoms with Crippen LogP contribution in [0.5, 0.6) is 0 Å². The highest BCUT2D eigenvalue weighted by atomic mass is 16.7. The molecule has 0 saturated heterocycles. The van der Waals surface area contributed by atoms with Crippen molar-refractivity contribution >= 4 is 17.7 Å². The van der Waals surface area contributed by atoms with Gasteiger partial charge >= 0.3 is 11.9 Å². The number of ether oxygens (including phenoxy) is 2. The van der Waals surface area contributed by atoms with Crippen molar-refractivity contribution in [2.75, 3.05) is 0 Å². The molecule has 0 heterocycles. The van der Waals surface area contributed by atoms with Crippen molar-refractivity contribution in [3.63, 3.8) is 0 Å². The van der Waals surface area contributed by atoms with Crippen LogP contribution in [0.4, 0.5) is 0 Å². The fourth-order valence-corrected chi connectivity index (χ4v) is 2.94. The normalized spacial score (nSPS) is 10.6. The maximum absolute atomic E-state index is 12.0. The summed E-state index contributed by atoms with van der Waals surface area (Å²) < 4.78 is 9.95. The number of unbranched alkanes of at least 4 members (excludes halogenated alkanes) is 7. The molecule has 0 N–H and O–H groups in total. The predicted octanol–water partition coefficient (Wildman–Crippen LogP) is 5.22. The van der Waals surface area contributed by atoms with E-state index in [-0.39, 0.29) is 5.78 Å². The minimum atomic E-state index is -0.762. The molecule has 0 atom stereocenters. The molecule has 1 rings (SSSR count). The number of esters is 2. The van der Waals surface area contributed by atoms with E-state index in [0.29, 0.717) is 12.8 Å². The molecule has 0 saturated carbocycles. The standard InChI is InChI=1S/C22H32O5/c1-18(23)26-22(27-19(2)24)17-13-8-6-4-3-5-7-12-16-21(25)20-14-10-9-11-15-20/h9-11,14-15,22H,3-8,12-13,16-17H2,1-2H3. The molecule has 0 aromatic heterocycles. The predicted molar refractivity (Wildman–Crippen MR) is 104 cm³/mol. The summed E-state index contributed by atoms with van der Waals surface area (Å²) in [5.74, 6) is -0.648. The molecule has 5 nitrogen and oxygen atoms in total. The average Bonchev–Trinajstić information content (AvgIpc) is 2.62. The topological polar surface area (TPSA) is 69.7 Å². The Labute approximate surface area is 162 Å². The third-order valence-corrected chi connectivity index (χ3v) is 4.28. The number of Topliss-reactive ketones (excluding diaryl/α,β-unsaturated/α-hetero) is 1. The Morgan fingerprint density at radius 3 is 1.74 bits per heavy atom. The second-order valence-electron chi connectivity index (χ2n) is 6.80. The van der Waals surface area contributed by atoms with Crippen LogP contribution in [0.15, 0.2) is 30.3 Å². The Balaban J connectivity index is 1.98. The Bertz CT molecular complexity index is 551. The second-order valence-corrected chi connectivity index (χ2v) is 6.80. The summed E-state index contributed by atoms with van der Waals surface area (Å²) in [5, 5.41) is 0. The Morgan fingerprint density at radius 1 is 0.741 bits per heavy atom. The number of ketones is 1. The van der Waals surface area contributed by atoms with Crippen LogP contribution in [0, 0.1) is 0 Å². The highest BCUT2D eigenvalue weighted by molar-refractivity contribution is 5.95. The SMILES string of the molecule is CC(=O)OC(CCCCCCCCCCC(=O)c1ccccc1)OC(C)=O. The molecule has 0 aliphatic rings. The van der Waals surface area contributed by atoms with E-state index >= 15 is 0 Å². The maximum atomic E-state index is 12.0. The molecular formula is C22H32O5. The van der Waals surface area contributed by atoms with E-state index in [0.717, 1.165) is 56.9 Å². The number of hydrogen-bond acceptors (Lipinski definition) is 5. The second kappa shape index (κ2) is 14.0. The number of hydrogen-bond donors (Lipinski definition) is 0. The summed E-state index contributed by atoms with van der Waals surface area (Å²) in [6.45, 7) is 2.62. The van der Waals surface area contributed by atoms with Gasteiger partial charge in [0.15, 0.2) is 5.78 Å². The zero-order valence-corrected chi connectivity index (χ0v) is 16.6. The lowest BCUT2D eigenvalue weighted by Crippen LogP contribution is -2.22. The largest absolute Gasteiger partial charge is 0.425 e. The summed E-state index contributed by atoms with van der Waals surface area (Å²) in [7, 11) is 0. The van der Waals surface area contributed by atoms with Crippen LogP contribution in [0.1, 0.15) is 88.4 Å². The molecule has 0 amide bonds. The summed E-state index contributed by atoms with van der Waals surface area (Å²) in [6.07, 6.45) is 8.87. The maximum Gasteiger partial charge on any atom is 0.305 e. The van der Waals surface area contributed by atoms with Crippen molar-refractivity contribution in [1.82, 2.24) is 0 Å². The van der Waals surface area contributed by atoms with E-state index < -0.39 is 18.2 Å². The third kappa shape index (κ3) is 11.9. The van der Waals surface area contributed by atoms with Gasteiger partial charge in [-0.15, -0.1) is 0 Å². The fourth-order valence-electron chi connectivity index (χ4n) is 2.94. The molecule has 0 aliphatic carbocycles. The number of benzene rings is 1. The molecule has 0 bridgehead atoms. The summed E-state index contributed by atoms with van der Waals surface area (Å²) in [4.78, 5) is 33.9. The molecule has 0 spiro atoms. The van der Waals surface area contributed by atoms with E-state index in [2.05, 4.69) is 0 Å². The molecule has 150 valence electrons. The molecular weight excluding hydrogens is 344 g/mol. The monoisotopic (exact) mass is 376 g/mol. The van der Waals surface area contributed by atoms with Gasteiger partial charge in [-0.2, -0.15) is 0 Å². The minimum Gasteiger partial charge on any atom is -0.425 e. The Morgan fingerprint density at radius 2 is 1.22 bits per heavy atom. The zero-order valence-electron chi connectivity index (χ0n) is 16.6. The molecule has 0 radical (unpaired) electrons. The molecule has 0 fully saturated rings. The van der Waals surface area contributed by atoms with E-state index in [1.54, 1.807) is 0 Å². The number of rotatable bonds is 14.